The SMILES string of the molecule is O=C(CCCCc1ccccc1)N1CCC(O)(CN2CCCC2)CC1. The third-order valence-electron chi connectivity index (χ3n) is 5.71. The number of amides is 1. The molecule has 0 atom stereocenters. The minimum atomic E-state index is -0.589. The highest BCUT2D eigenvalue weighted by Gasteiger charge is 2.35. The highest BCUT2D eigenvalue weighted by molar-refractivity contribution is 5.76. The minimum absolute atomic E-state index is 0.260. The van der Waals surface area contributed by atoms with E-state index in [1.807, 2.05) is 11.0 Å². The molecule has 1 amide bonds. The van der Waals surface area contributed by atoms with Gasteiger partial charge in [0.1, 0.15) is 0 Å². The molecule has 3 rings (SSSR count). The number of rotatable bonds is 7. The lowest BCUT2D eigenvalue weighted by molar-refractivity contribution is -0.136. The topological polar surface area (TPSA) is 43.8 Å². The van der Waals surface area contributed by atoms with Gasteiger partial charge in [-0.15, -0.1) is 0 Å². The van der Waals surface area contributed by atoms with E-state index < -0.39 is 5.60 Å². The number of hydrogen-bond donors (Lipinski definition) is 1. The van der Waals surface area contributed by atoms with Crippen LogP contribution in [0.25, 0.3) is 0 Å². The molecule has 25 heavy (non-hydrogen) atoms. The summed E-state index contributed by atoms with van der Waals surface area (Å²) in [5.41, 5.74) is 0.758. The van der Waals surface area contributed by atoms with Gasteiger partial charge in [-0.3, -0.25) is 4.79 Å². The Morgan fingerprint density at radius 2 is 1.68 bits per heavy atom. The lowest BCUT2D eigenvalue weighted by Gasteiger charge is -2.40. The van der Waals surface area contributed by atoms with Crippen molar-refractivity contribution >= 4 is 5.91 Å². The molecule has 0 aliphatic carbocycles. The molecule has 0 aromatic heterocycles. The van der Waals surface area contributed by atoms with Gasteiger partial charge < -0.3 is 14.9 Å². The van der Waals surface area contributed by atoms with Crippen molar-refractivity contribution in [3.8, 4) is 0 Å². The van der Waals surface area contributed by atoms with Crippen molar-refractivity contribution in [1.82, 2.24) is 9.80 Å². The second-order valence-corrected chi connectivity index (χ2v) is 7.78. The predicted octanol–water partition coefficient (Wildman–Crippen LogP) is 2.85. The average molecular weight is 344 g/mol. The molecule has 2 heterocycles. The number of hydrogen-bond acceptors (Lipinski definition) is 3. The van der Waals surface area contributed by atoms with Gasteiger partial charge in [0.25, 0.3) is 0 Å². The first-order chi connectivity index (χ1) is 12.1. The second-order valence-electron chi connectivity index (χ2n) is 7.78. The fourth-order valence-corrected chi connectivity index (χ4v) is 4.10. The van der Waals surface area contributed by atoms with E-state index in [1.54, 1.807) is 0 Å². The highest BCUT2D eigenvalue weighted by atomic mass is 16.3. The largest absolute Gasteiger partial charge is 0.388 e. The zero-order valence-electron chi connectivity index (χ0n) is 15.3. The van der Waals surface area contributed by atoms with E-state index in [1.165, 1.54) is 18.4 Å². The molecule has 0 spiro atoms. The summed E-state index contributed by atoms with van der Waals surface area (Å²) in [7, 11) is 0. The van der Waals surface area contributed by atoms with E-state index in [4.69, 9.17) is 0 Å². The molecular formula is C21H32N2O2. The summed E-state index contributed by atoms with van der Waals surface area (Å²) in [4.78, 5) is 16.7. The van der Waals surface area contributed by atoms with Crippen LogP contribution in [0.3, 0.4) is 0 Å². The van der Waals surface area contributed by atoms with Crippen LogP contribution >= 0.6 is 0 Å². The summed E-state index contributed by atoms with van der Waals surface area (Å²) in [5, 5.41) is 10.8. The van der Waals surface area contributed by atoms with E-state index in [0.717, 1.165) is 51.7 Å². The third-order valence-corrected chi connectivity index (χ3v) is 5.71. The monoisotopic (exact) mass is 344 g/mol. The van der Waals surface area contributed by atoms with Crippen molar-refractivity contribution in [3.63, 3.8) is 0 Å². The van der Waals surface area contributed by atoms with E-state index in [-0.39, 0.29) is 5.91 Å². The Morgan fingerprint density at radius 3 is 2.36 bits per heavy atom. The van der Waals surface area contributed by atoms with Gasteiger partial charge >= 0.3 is 0 Å². The standard InChI is InChI=1S/C21H32N2O2/c24-20(11-5-4-10-19-8-2-1-3-9-19)23-16-12-21(25,13-17-23)18-22-14-6-7-15-22/h1-3,8-9,25H,4-7,10-18H2. The van der Waals surface area contributed by atoms with Gasteiger partial charge in [0, 0.05) is 26.1 Å². The van der Waals surface area contributed by atoms with Crippen LogP contribution in [0, 0.1) is 0 Å². The van der Waals surface area contributed by atoms with E-state index in [0.29, 0.717) is 19.5 Å². The van der Waals surface area contributed by atoms with Crippen LogP contribution in [-0.2, 0) is 11.2 Å². The second kappa shape index (κ2) is 8.81. The van der Waals surface area contributed by atoms with Gasteiger partial charge in [0.15, 0.2) is 0 Å². The maximum Gasteiger partial charge on any atom is 0.222 e. The number of piperidine rings is 1. The maximum atomic E-state index is 12.4. The Hall–Kier alpha value is -1.39. The van der Waals surface area contributed by atoms with Gasteiger partial charge in [-0.2, -0.15) is 0 Å². The van der Waals surface area contributed by atoms with Crippen molar-refractivity contribution in [2.45, 2.75) is 57.0 Å². The average Bonchev–Trinajstić information content (AvgIpc) is 3.12. The van der Waals surface area contributed by atoms with Gasteiger partial charge in [-0.1, -0.05) is 30.3 Å². The number of benzene rings is 1. The number of nitrogens with zero attached hydrogens (tertiary/aromatic N) is 2. The van der Waals surface area contributed by atoms with Crippen LogP contribution in [0.4, 0.5) is 0 Å². The number of carbonyl (C=O) groups is 1. The molecule has 1 aromatic carbocycles. The molecule has 0 saturated carbocycles. The van der Waals surface area contributed by atoms with Crippen LogP contribution in [0.1, 0.15) is 50.5 Å². The quantitative estimate of drug-likeness (QED) is 0.774. The van der Waals surface area contributed by atoms with Crippen LogP contribution in [-0.4, -0.2) is 59.1 Å². The molecule has 0 bridgehead atoms. The first kappa shape index (κ1) is 18.4. The van der Waals surface area contributed by atoms with Crippen molar-refractivity contribution < 1.29 is 9.90 Å². The highest BCUT2D eigenvalue weighted by Crippen LogP contribution is 2.25. The summed E-state index contributed by atoms with van der Waals surface area (Å²) >= 11 is 0. The van der Waals surface area contributed by atoms with E-state index in [9.17, 15) is 9.90 Å². The molecule has 2 fully saturated rings. The van der Waals surface area contributed by atoms with Crippen LogP contribution < -0.4 is 0 Å². The van der Waals surface area contributed by atoms with Gasteiger partial charge in [-0.05, 0) is 63.6 Å². The van der Waals surface area contributed by atoms with Crippen molar-refractivity contribution in [2.75, 3.05) is 32.7 Å². The number of aryl methyl sites for hydroxylation is 1. The Morgan fingerprint density at radius 1 is 1.00 bits per heavy atom. The molecule has 4 heteroatoms. The summed E-state index contributed by atoms with van der Waals surface area (Å²) in [6.45, 7) is 4.44. The van der Waals surface area contributed by atoms with Crippen LogP contribution in [0.15, 0.2) is 30.3 Å². The van der Waals surface area contributed by atoms with Gasteiger partial charge in [-0.25, -0.2) is 0 Å². The normalized spacial score (nSPS) is 20.8. The Labute approximate surface area is 151 Å². The molecule has 138 valence electrons. The van der Waals surface area contributed by atoms with Gasteiger partial charge in [0.05, 0.1) is 5.60 Å². The summed E-state index contributed by atoms with van der Waals surface area (Å²) in [5.74, 6) is 0.260. The Balaban J connectivity index is 1.33. The van der Waals surface area contributed by atoms with Crippen molar-refractivity contribution in [2.24, 2.45) is 0 Å². The van der Waals surface area contributed by atoms with Crippen molar-refractivity contribution in [3.05, 3.63) is 35.9 Å². The number of likely N-dealkylation sites (tertiary alicyclic amines) is 2. The first-order valence-electron chi connectivity index (χ1n) is 9.91. The number of β-amino-alcohol motifs (C(OH)–C–C–N with tert-alkyl or cyclic N) is 1. The molecule has 2 aliphatic heterocycles. The zero-order chi connectivity index (χ0) is 17.5. The lowest BCUT2D eigenvalue weighted by Crippen LogP contribution is -2.51. The zero-order valence-corrected chi connectivity index (χ0v) is 15.3. The summed E-state index contributed by atoms with van der Waals surface area (Å²) in [6.07, 6.45) is 7.64. The third kappa shape index (κ3) is 5.55. The van der Waals surface area contributed by atoms with Crippen molar-refractivity contribution in [1.29, 1.82) is 0 Å². The number of unbranched alkanes of at least 4 members (excludes halogenated alkanes) is 1. The Bertz CT molecular complexity index is 532. The molecule has 2 saturated heterocycles. The summed E-state index contributed by atoms with van der Waals surface area (Å²) in [6, 6.07) is 10.5. The lowest BCUT2D eigenvalue weighted by atomic mass is 9.90. The summed E-state index contributed by atoms with van der Waals surface area (Å²) < 4.78 is 0. The van der Waals surface area contributed by atoms with Crippen LogP contribution in [0.2, 0.25) is 0 Å². The molecule has 2 aliphatic rings. The fourth-order valence-electron chi connectivity index (χ4n) is 4.10. The predicted molar refractivity (Wildman–Crippen MR) is 100 cm³/mol. The first-order valence-corrected chi connectivity index (χ1v) is 9.91. The molecule has 1 aromatic rings. The van der Waals surface area contributed by atoms with Crippen LogP contribution in [0.5, 0.6) is 0 Å². The molecule has 1 N–H and O–H groups in total. The molecule has 4 nitrogen and oxygen atoms in total. The van der Waals surface area contributed by atoms with E-state index in [2.05, 4.69) is 29.2 Å². The molecular weight excluding hydrogens is 312 g/mol. The molecule has 0 radical (unpaired) electrons. The van der Waals surface area contributed by atoms with Gasteiger partial charge in [0.2, 0.25) is 5.91 Å². The number of carbonyl (C=O) groups excluding carboxylic acids is 1. The number of aliphatic hydroxyl groups is 1. The Kier molecular flexibility index (Phi) is 6.49. The fraction of sp³-hybridized carbons (Fsp3) is 0.667. The maximum absolute atomic E-state index is 12.4. The minimum Gasteiger partial charge on any atom is -0.388 e. The molecule has 0 unspecified atom stereocenters. The van der Waals surface area contributed by atoms with E-state index >= 15 is 0 Å². The smallest absolute Gasteiger partial charge is 0.222 e.